The van der Waals surface area contributed by atoms with Gasteiger partial charge in [0.1, 0.15) is 0 Å². The zero-order chi connectivity index (χ0) is 13.7. The molecule has 0 bridgehead atoms. The van der Waals surface area contributed by atoms with Crippen LogP contribution >= 0.6 is 43.5 Å². The van der Waals surface area contributed by atoms with Gasteiger partial charge in [0.25, 0.3) is 0 Å². The lowest BCUT2D eigenvalue weighted by Gasteiger charge is -2.32. The molecule has 0 unspecified atom stereocenters. The molecule has 19 heavy (non-hydrogen) atoms. The smallest absolute Gasteiger partial charge is 0.0406 e. The van der Waals surface area contributed by atoms with E-state index in [2.05, 4.69) is 44.0 Å². The van der Waals surface area contributed by atoms with Gasteiger partial charge in [-0.15, -0.1) is 0 Å². The molecule has 1 saturated carbocycles. The highest BCUT2D eigenvalue weighted by Crippen LogP contribution is 2.38. The van der Waals surface area contributed by atoms with Gasteiger partial charge >= 0.3 is 0 Å². The summed E-state index contributed by atoms with van der Waals surface area (Å²) in [6.45, 7) is 0. The SMILES string of the molecule is Clc1ccc(C(CBr)(CBr)CCC2CCCC2)cc1. The molecule has 0 nitrogen and oxygen atoms in total. The summed E-state index contributed by atoms with van der Waals surface area (Å²) in [7, 11) is 0. The van der Waals surface area contributed by atoms with Crippen molar-refractivity contribution in [3.63, 3.8) is 0 Å². The fourth-order valence-corrected chi connectivity index (χ4v) is 5.31. The Morgan fingerprint density at radius 2 is 1.63 bits per heavy atom. The lowest BCUT2D eigenvalue weighted by Crippen LogP contribution is -2.30. The highest BCUT2D eigenvalue weighted by molar-refractivity contribution is 9.09. The van der Waals surface area contributed by atoms with Crippen molar-refractivity contribution in [2.24, 2.45) is 5.92 Å². The minimum atomic E-state index is 0.202. The molecule has 0 saturated heterocycles. The first-order valence-corrected chi connectivity index (χ1v) is 9.70. The van der Waals surface area contributed by atoms with E-state index in [4.69, 9.17) is 11.6 Å². The van der Waals surface area contributed by atoms with Crippen LogP contribution in [0.25, 0.3) is 0 Å². The van der Waals surface area contributed by atoms with E-state index in [1.807, 2.05) is 12.1 Å². The van der Waals surface area contributed by atoms with E-state index in [9.17, 15) is 0 Å². The second-order valence-corrected chi connectivity index (χ2v) is 7.30. The number of benzene rings is 1. The Bertz CT molecular complexity index is 378. The number of hydrogen-bond acceptors (Lipinski definition) is 0. The van der Waals surface area contributed by atoms with Crippen molar-refractivity contribution in [1.82, 2.24) is 0 Å². The largest absolute Gasteiger partial charge is 0.0918 e. The number of halogens is 3. The molecule has 0 atom stereocenters. The maximum atomic E-state index is 6.01. The summed E-state index contributed by atoms with van der Waals surface area (Å²) in [5.74, 6) is 0.949. The molecule has 106 valence electrons. The molecule has 0 radical (unpaired) electrons. The van der Waals surface area contributed by atoms with Crippen molar-refractivity contribution in [3.05, 3.63) is 34.9 Å². The Hall–Kier alpha value is 0.470. The van der Waals surface area contributed by atoms with Crippen LogP contribution in [0, 0.1) is 5.92 Å². The van der Waals surface area contributed by atoms with Gasteiger partial charge in [-0.1, -0.05) is 81.3 Å². The Labute approximate surface area is 138 Å². The molecule has 0 N–H and O–H groups in total. The summed E-state index contributed by atoms with van der Waals surface area (Å²) >= 11 is 13.5. The molecule has 1 fully saturated rings. The minimum absolute atomic E-state index is 0.202. The summed E-state index contributed by atoms with van der Waals surface area (Å²) in [6.07, 6.45) is 8.32. The van der Waals surface area contributed by atoms with E-state index in [0.29, 0.717) is 0 Å². The van der Waals surface area contributed by atoms with Crippen molar-refractivity contribution < 1.29 is 0 Å². The average Bonchev–Trinajstić information content (AvgIpc) is 2.95. The van der Waals surface area contributed by atoms with E-state index < -0.39 is 0 Å². The minimum Gasteiger partial charge on any atom is -0.0918 e. The van der Waals surface area contributed by atoms with Gasteiger partial charge in [-0.05, 0) is 36.5 Å². The number of hydrogen-bond donors (Lipinski definition) is 0. The van der Waals surface area contributed by atoms with Crippen LogP contribution in [-0.4, -0.2) is 10.7 Å². The van der Waals surface area contributed by atoms with Crippen LogP contribution in [0.4, 0.5) is 0 Å². The van der Waals surface area contributed by atoms with Crippen LogP contribution in [0.1, 0.15) is 44.1 Å². The topological polar surface area (TPSA) is 0 Å². The summed E-state index contributed by atoms with van der Waals surface area (Å²) in [6, 6.07) is 8.37. The van der Waals surface area contributed by atoms with Crippen molar-refractivity contribution >= 4 is 43.5 Å². The van der Waals surface area contributed by atoms with Crippen molar-refractivity contribution in [2.45, 2.75) is 43.9 Å². The third-order valence-corrected chi connectivity index (χ3v) is 6.87. The van der Waals surface area contributed by atoms with Crippen LogP contribution in [0.5, 0.6) is 0 Å². The van der Waals surface area contributed by atoms with Crippen LogP contribution in [0.15, 0.2) is 24.3 Å². The highest BCUT2D eigenvalue weighted by Gasteiger charge is 2.31. The molecule has 1 aromatic carbocycles. The van der Waals surface area contributed by atoms with E-state index in [1.54, 1.807) is 0 Å². The van der Waals surface area contributed by atoms with Gasteiger partial charge in [0.2, 0.25) is 0 Å². The Morgan fingerprint density at radius 3 is 2.16 bits per heavy atom. The number of alkyl halides is 2. The molecule has 1 aliphatic carbocycles. The standard InChI is InChI=1S/C16H21Br2Cl/c17-11-16(12-18,10-9-13-3-1-2-4-13)14-5-7-15(19)8-6-14/h5-8,13H,1-4,9-12H2. The van der Waals surface area contributed by atoms with Gasteiger partial charge in [0.15, 0.2) is 0 Å². The van der Waals surface area contributed by atoms with Gasteiger partial charge in [-0.2, -0.15) is 0 Å². The predicted octanol–water partition coefficient (Wildman–Crippen LogP) is 6.34. The van der Waals surface area contributed by atoms with Crippen LogP contribution in [0.2, 0.25) is 5.02 Å². The molecule has 1 aromatic rings. The van der Waals surface area contributed by atoms with E-state index in [0.717, 1.165) is 21.6 Å². The summed E-state index contributed by atoms with van der Waals surface area (Å²) in [5, 5.41) is 2.82. The zero-order valence-corrected chi connectivity index (χ0v) is 15.1. The van der Waals surface area contributed by atoms with Crippen molar-refractivity contribution in [3.8, 4) is 0 Å². The normalized spacial score (nSPS) is 17.0. The van der Waals surface area contributed by atoms with Crippen LogP contribution in [-0.2, 0) is 5.41 Å². The summed E-state index contributed by atoms with van der Waals surface area (Å²) in [5.41, 5.74) is 1.59. The second kappa shape index (κ2) is 7.47. The monoisotopic (exact) mass is 406 g/mol. The second-order valence-electron chi connectivity index (χ2n) is 5.74. The molecule has 0 aromatic heterocycles. The Balaban J connectivity index is 2.09. The quantitative estimate of drug-likeness (QED) is 0.482. The lowest BCUT2D eigenvalue weighted by molar-refractivity contribution is 0.400. The number of rotatable bonds is 6. The fourth-order valence-electron chi connectivity index (χ4n) is 3.05. The molecule has 1 aliphatic rings. The first kappa shape index (κ1) is 15.9. The fraction of sp³-hybridized carbons (Fsp3) is 0.625. The van der Waals surface area contributed by atoms with Crippen LogP contribution in [0.3, 0.4) is 0 Å². The zero-order valence-electron chi connectivity index (χ0n) is 11.2. The van der Waals surface area contributed by atoms with Crippen molar-refractivity contribution in [1.29, 1.82) is 0 Å². The third-order valence-electron chi connectivity index (χ3n) is 4.47. The van der Waals surface area contributed by atoms with Crippen LogP contribution < -0.4 is 0 Å². The van der Waals surface area contributed by atoms with E-state index >= 15 is 0 Å². The highest BCUT2D eigenvalue weighted by atomic mass is 79.9. The van der Waals surface area contributed by atoms with E-state index in [1.165, 1.54) is 44.1 Å². The van der Waals surface area contributed by atoms with E-state index in [-0.39, 0.29) is 5.41 Å². The molecular weight excluding hydrogens is 387 g/mol. The molecule has 0 spiro atoms. The summed E-state index contributed by atoms with van der Waals surface area (Å²) < 4.78 is 0. The van der Waals surface area contributed by atoms with Gasteiger partial charge in [0, 0.05) is 21.1 Å². The molecule has 0 heterocycles. The predicted molar refractivity (Wildman–Crippen MR) is 91.9 cm³/mol. The Morgan fingerprint density at radius 1 is 1.05 bits per heavy atom. The molecule has 3 heteroatoms. The Kier molecular flexibility index (Phi) is 6.23. The maximum absolute atomic E-state index is 6.01. The van der Waals surface area contributed by atoms with Gasteiger partial charge in [-0.3, -0.25) is 0 Å². The molecule has 0 amide bonds. The average molecular weight is 409 g/mol. The molecular formula is C16H21Br2Cl. The summed E-state index contributed by atoms with van der Waals surface area (Å²) in [4.78, 5) is 0. The third kappa shape index (κ3) is 3.98. The van der Waals surface area contributed by atoms with Gasteiger partial charge < -0.3 is 0 Å². The van der Waals surface area contributed by atoms with Gasteiger partial charge in [-0.25, -0.2) is 0 Å². The van der Waals surface area contributed by atoms with Gasteiger partial charge in [0.05, 0.1) is 0 Å². The molecule has 2 rings (SSSR count). The van der Waals surface area contributed by atoms with Crippen molar-refractivity contribution in [2.75, 3.05) is 10.7 Å². The molecule has 0 aliphatic heterocycles. The maximum Gasteiger partial charge on any atom is 0.0406 e. The first-order valence-electron chi connectivity index (χ1n) is 7.08. The first-order chi connectivity index (χ1) is 9.20. The lowest BCUT2D eigenvalue weighted by atomic mass is 9.78.